The molecule has 0 aliphatic rings. The molecule has 0 radical (unpaired) electrons. The molecule has 0 N–H and O–H groups in total. The van der Waals surface area contributed by atoms with Crippen LogP contribution in [-0.4, -0.2) is 29.2 Å². The van der Waals surface area contributed by atoms with Crippen LogP contribution in [0.15, 0.2) is 0 Å². The Morgan fingerprint density at radius 3 is 1.35 bits per heavy atom. The summed E-state index contributed by atoms with van der Waals surface area (Å²) in [6.45, 7) is 1.75. The Labute approximate surface area is 237 Å². The first kappa shape index (κ1) is 30.9. The van der Waals surface area contributed by atoms with Crippen molar-refractivity contribution < 1.29 is 18.9 Å². The van der Waals surface area contributed by atoms with E-state index in [9.17, 15) is 14.4 Å². The largest absolute Gasteiger partial charge is 0.790 e. The molecule has 0 saturated carbocycles. The molecule has 2 atom stereocenters. The summed E-state index contributed by atoms with van der Waals surface area (Å²) in [7, 11) is -5.33. The van der Waals surface area contributed by atoms with Crippen molar-refractivity contribution in [3.63, 3.8) is 0 Å². The standard InChI is InChI=1S/C11H15Br10O4P/c1-2-9(25-26(22,23)24,10(18,19)3-5(12)7(14)15)11(20,21)4-6(13)8(16)17/h5-8H,2-4H2,1H3,(H2,22,23,24)/p-2. The van der Waals surface area contributed by atoms with Crippen LogP contribution < -0.4 is 9.79 Å². The van der Waals surface area contributed by atoms with Crippen LogP contribution >= 0.6 is 167 Å². The maximum absolute atomic E-state index is 11.6. The van der Waals surface area contributed by atoms with Gasteiger partial charge < -0.3 is 18.9 Å². The molecule has 158 valence electrons. The van der Waals surface area contributed by atoms with Gasteiger partial charge in [0, 0.05) is 9.65 Å². The van der Waals surface area contributed by atoms with Gasteiger partial charge in [0.25, 0.3) is 0 Å². The van der Waals surface area contributed by atoms with Crippen LogP contribution in [0, 0.1) is 0 Å². The molecule has 26 heavy (non-hydrogen) atoms. The Bertz CT molecular complexity index is 469. The summed E-state index contributed by atoms with van der Waals surface area (Å²) >= 11 is 35.0. The van der Waals surface area contributed by atoms with Crippen molar-refractivity contribution in [2.24, 2.45) is 0 Å². The van der Waals surface area contributed by atoms with E-state index >= 15 is 0 Å². The average Bonchev–Trinajstić information content (AvgIpc) is 2.41. The van der Waals surface area contributed by atoms with Gasteiger partial charge in [0.15, 0.2) is 0 Å². The summed E-state index contributed by atoms with van der Waals surface area (Å²) in [6, 6.07) is 0. The van der Waals surface area contributed by atoms with E-state index in [0.717, 1.165) is 0 Å². The molecule has 0 bridgehead atoms. The second-order valence-corrected chi connectivity index (χ2v) is 22.6. The van der Waals surface area contributed by atoms with Crippen molar-refractivity contribution in [2.75, 3.05) is 0 Å². The number of rotatable bonds is 11. The van der Waals surface area contributed by atoms with Gasteiger partial charge in [-0.05, 0) is 19.3 Å². The first-order chi connectivity index (χ1) is 11.4. The highest BCUT2D eigenvalue weighted by Gasteiger charge is 2.61. The minimum absolute atomic E-state index is 0.0937. The molecule has 0 aliphatic heterocycles. The van der Waals surface area contributed by atoms with Gasteiger partial charge in [-0.2, -0.15) is 0 Å². The van der Waals surface area contributed by atoms with E-state index in [2.05, 4.69) is 159 Å². The normalized spacial score (nSPS) is 18.9. The van der Waals surface area contributed by atoms with Gasteiger partial charge in [-0.15, -0.1) is 0 Å². The zero-order valence-electron chi connectivity index (χ0n) is 12.8. The molecular formula is C11H13Br10O4P-2. The monoisotopic (exact) mass is 1030 g/mol. The van der Waals surface area contributed by atoms with Crippen molar-refractivity contribution in [3.05, 3.63) is 0 Å². The van der Waals surface area contributed by atoms with Gasteiger partial charge in [0.2, 0.25) is 0 Å². The predicted octanol–water partition coefficient (Wildman–Crippen LogP) is 7.49. The Morgan fingerprint density at radius 2 is 1.15 bits per heavy atom. The average molecular weight is 1040 g/mol. The molecule has 0 heterocycles. The molecule has 0 aromatic carbocycles. The van der Waals surface area contributed by atoms with E-state index in [0.29, 0.717) is 12.8 Å². The van der Waals surface area contributed by atoms with Gasteiger partial charge >= 0.3 is 0 Å². The summed E-state index contributed by atoms with van der Waals surface area (Å²) in [4.78, 5) is 23.0. The van der Waals surface area contributed by atoms with E-state index in [-0.39, 0.29) is 23.5 Å². The summed E-state index contributed by atoms with van der Waals surface area (Å²) < 4.78 is 14.5. The van der Waals surface area contributed by atoms with Gasteiger partial charge in [0.1, 0.15) is 12.1 Å². The molecule has 4 nitrogen and oxygen atoms in total. The third-order valence-electron chi connectivity index (χ3n) is 3.40. The van der Waals surface area contributed by atoms with Crippen molar-refractivity contribution in [1.82, 2.24) is 0 Å². The lowest BCUT2D eigenvalue weighted by Gasteiger charge is -2.55. The highest BCUT2D eigenvalue weighted by atomic mass is 79.9. The molecule has 2 unspecified atom stereocenters. The van der Waals surface area contributed by atoms with E-state index in [4.69, 9.17) is 4.52 Å². The molecule has 15 heteroatoms. The first-order valence-corrected chi connectivity index (χ1v) is 16.9. The van der Waals surface area contributed by atoms with E-state index in [1.807, 2.05) is 0 Å². The number of hydrogen-bond acceptors (Lipinski definition) is 4. The Balaban J connectivity index is 6.22. The third-order valence-corrected chi connectivity index (χ3v) is 14.9. The second-order valence-electron chi connectivity index (χ2n) is 5.24. The SMILES string of the molecule is CCC(OP(=O)([O-])[O-])(C(Br)(Br)CC(Br)C(Br)Br)C(Br)(Br)CC(Br)C(Br)Br. The quantitative estimate of drug-likeness (QED) is 0.159. The number of hydrogen-bond donors (Lipinski definition) is 0. The Morgan fingerprint density at radius 1 is 0.846 bits per heavy atom. The van der Waals surface area contributed by atoms with Crippen LogP contribution in [0.4, 0.5) is 0 Å². The molecule has 0 aromatic rings. The highest BCUT2D eigenvalue weighted by molar-refractivity contribution is 9.27. The second kappa shape index (κ2) is 12.4. The van der Waals surface area contributed by atoms with Gasteiger partial charge in [-0.1, -0.05) is 166 Å². The van der Waals surface area contributed by atoms with E-state index < -0.39 is 19.9 Å². The molecule has 0 fully saturated rings. The van der Waals surface area contributed by atoms with E-state index in [1.54, 1.807) is 6.92 Å². The molecule has 0 spiro atoms. The van der Waals surface area contributed by atoms with Crippen molar-refractivity contribution in [1.29, 1.82) is 0 Å². The zero-order valence-corrected chi connectivity index (χ0v) is 29.5. The number of phosphoric acid groups is 1. The van der Waals surface area contributed by atoms with Crippen LogP contribution in [-0.2, 0) is 9.09 Å². The minimum atomic E-state index is -5.33. The molecule has 0 saturated heterocycles. The fourth-order valence-electron chi connectivity index (χ4n) is 2.17. The van der Waals surface area contributed by atoms with Crippen LogP contribution in [0.1, 0.15) is 26.2 Å². The summed E-state index contributed by atoms with van der Waals surface area (Å²) in [6.07, 6.45) is 0.915. The third kappa shape index (κ3) is 9.04. The maximum Gasteiger partial charge on any atom is 0.123 e. The minimum Gasteiger partial charge on any atom is -0.790 e. The van der Waals surface area contributed by atoms with E-state index in [1.165, 1.54) is 0 Å². The number of phosphoric ester groups is 1. The summed E-state index contributed by atoms with van der Waals surface area (Å²) in [5.41, 5.74) is -1.51. The van der Waals surface area contributed by atoms with Crippen LogP contribution in [0.3, 0.4) is 0 Å². The highest BCUT2D eigenvalue weighted by Crippen LogP contribution is 2.62. The maximum atomic E-state index is 11.6. The fraction of sp³-hybridized carbons (Fsp3) is 1.00. The van der Waals surface area contributed by atoms with Crippen LogP contribution in [0.25, 0.3) is 0 Å². The zero-order chi connectivity index (χ0) is 21.1. The van der Waals surface area contributed by atoms with Crippen LogP contribution in [0.5, 0.6) is 0 Å². The lowest BCUT2D eigenvalue weighted by atomic mass is 9.87. The first-order valence-electron chi connectivity index (χ1n) is 6.75. The summed E-state index contributed by atoms with van der Waals surface area (Å²) in [5.74, 6) is 0. The molecule has 0 aliphatic carbocycles. The van der Waals surface area contributed by atoms with Gasteiger partial charge in [-0.3, -0.25) is 0 Å². The fourth-order valence-corrected chi connectivity index (χ4v) is 12.2. The molecule has 0 rings (SSSR count). The predicted molar refractivity (Wildman–Crippen MR) is 141 cm³/mol. The lowest BCUT2D eigenvalue weighted by molar-refractivity contribution is -0.350. The van der Waals surface area contributed by atoms with Gasteiger partial charge in [-0.25, -0.2) is 0 Å². The molecule has 0 amide bonds. The smallest absolute Gasteiger partial charge is 0.123 e. The number of alkyl halides is 10. The number of halogens is 10. The Hall–Kier alpha value is 4.91. The topological polar surface area (TPSA) is 72.4 Å². The molecular weight excluding hydrogens is 1030 g/mol. The Kier molecular flexibility index (Phi) is 14.7. The lowest BCUT2D eigenvalue weighted by Crippen LogP contribution is -2.61. The van der Waals surface area contributed by atoms with Crippen molar-refractivity contribution in [3.8, 4) is 0 Å². The van der Waals surface area contributed by atoms with Crippen LogP contribution in [0.2, 0.25) is 0 Å². The summed E-state index contributed by atoms with van der Waals surface area (Å²) in [5, 5.41) is 0. The van der Waals surface area contributed by atoms with Crippen molar-refractivity contribution >= 4 is 167 Å². The molecule has 0 aromatic heterocycles. The van der Waals surface area contributed by atoms with Gasteiger partial charge in [0.05, 0.1) is 15.3 Å². The van der Waals surface area contributed by atoms with Crippen molar-refractivity contribution in [2.45, 2.75) is 55.4 Å².